The van der Waals surface area contributed by atoms with Crippen molar-refractivity contribution in [1.82, 2.24) is 19.9 Å². The molecule has 2 aromatic heterocycles. The van der Waals surface area contributed by atoms with Crippen LogP contribution in [0.25, 0.3) is 11.0 Å². The molecule has 10 heteroatoms. The molecule has 3 heterocycles. The van der Waals surface area contributed by atoms with Gasteiger partial charge in [-0.1, -0.05) is 0 Å². The van der Waals surface area contributed by atoms with E-state index in [-0.39, 0.29) is 43.5 Å². The highest BCUT2D eigenvalue weighted by atomic mass is 19.3. The van der Waals surface area contributed by atoms with Crippen LogP contribution in [-0.4, -0.2) is 53.0 Å². The number of rotatable bonds is 2. The van der Waals surface area contributed by atoms with Gasteiger partial charge in [-0.25, -0.2) is 18.7 Å². The summed E-state index contributed by atoms with van der Waals surface area (Å²) in [6.45, 7) is 0.322. The lowest BCUT2D eigenvalue weighted by Crippen LogP contribution is -2.40. The van der Waals surface area contributed by atoms with E-state index in [0.29, 0.717) is 17.0 Å². The second-order valence-corrected chi connectivity index (χ2v) is 5.75. The molecule has 2 aromatic rings. The van der Waals surface area contributed by atoms with Crippen LogP contribution in [0.3, 0.4) is 0 Å². The summed E-state index contributed by atoms with van der Waals surface area (Å²) in [5.41, 5.74) is 12.6. The van der Waals surface area contributed by atoms with Gasteiger partial charge >= 0.3 is 0 Å². The molecule has 1 aliphatic rings. The molecular formula is C13H18F2N8. The second kappa shape index (κ2) is 5.28. The molecular weight excluding hydrogens is 306 g/mol. The number of halogens is 2. The topological polar surface area (TPSA) is 110 Å². The lowest BCUT2D eigenvalue weighted by Gasteiger charge is -2.31. The van der Waals surface area contributed by atoms with Crippen molar-refractivity contribution in [1.29, 1.82) is 0 Å². The van der Waals surface area contributed by atoms with E-state index in [9.17, 15) is 8.78 Å². The van der Waals surface area contributed by atoms with Crippen LogP contribution in [0.4, 0.5) is 32.3 Å². The first-order chi connectivity index (χ1) is 10.8. The Balaban J connectivity index is 2.01. The highest BCUT2D eigenvalue weighted by Gasteiger charge is 2.35. The van der Waals surface area contributed by atoms with Gasteiger partial charge in [0.1, 0.15) is 11.0 Å². The van der Waals surface area contributed by atoms with Gasteiger partial charge < -0.3 is 21.3 Å². The summed E-state index contributed by atoms with van der Waals surface area (Å²) >= 11 is 0. The molecule has 0 bridgehead atoms. The fraction of sp³-hybridized carbons (Fsp3) is 0.538. The Labute approximate surface area is 131 Å². The molecule has 3 rings (SSSR count). The first kappa shape index (κ1) is 15.4. The fourth-order valence-corrected chi connectivity index (χ4v) is 2.41. The average Bonchev–Trinajstić information content (AvgIpc) is 2.47. The summed E-state index contributed by atoms with van der Waals surface area (Å²) in [6, 6.07) is 0. The number of fused-ring (bicyclic) bond motifs is 1. The molecule has 0 atom stereocenters. The maximum atomic E-state index is 13.3. The normalized spacial score (nSPS) is 17.5. The van der Waals surface area contributed by atoms with Crippen LogP contribution in [0, 0.1) is 0 Å². The van der Waals surface area contributed by atoms with E-state index in [4.69, 9.17) is 11.5 Å². The van der Waals surface area contributed by atoms with Gasteiger partial charge in [0.05, 0.1) is 0 Å². The van der Waals surface area contributed by atoms with Crippen molar-refractivity contribution in [2.24, 2.45) is 0 Å². The number of nitrogen functional groups attached to an aromatic ring is 2. The van der Waals surface area contributed by atoms with Gasteiger partial charge in [0.2, 0.25) is 11.9 Å². The minimum Gasteiger partial charge on any atom is -0.382 e. The van der Waals surface area contributed by atoms with Crippen molar-refractivity contribution in [3.05, 3.63) is 0 Å². The lowest BCUT2D eigenvalue weighted by molar-refractivity contribution is -0.0222. The largest absolute Gasteiger partial charge is 0.382 e. The maximum Gasteiger partial charge on any atom is 0.251 e. The average molecular weight is 324 g/mol. The summed E-state index contributed by atoms with van der Waals surface area (Å²) in [5.74, 6) is -1.63. The number of nitrogens with zero attached hydrogens (tertiary/aromatic N) is 6. The van der Waals surface area contributed by atoms with Gasteiger partial charge in [0.15, 0.2) is 11.6 Å². The van der Waals surface area contributed by atoms with Crippen molar-refractivity contribution in [3.8, 4) is 0 Å². The smallest absolute Gasteiger partial charge is 0.251 e. The molecule has 0 aliphatic carbocycles. The number of piperidine rings is 1. The van der Waals surface area contributed by atoms with Gasteiger partial charge in [-0.15, -0.1) is 0 Å². The van der Waals surface area contributed by atoms with Crippen molar-refractivity contribution < 1.29 is 8.78 Å². The molecule has 0 amide bonds. The molecule has 1 fully saturated rings. The van der Waals surface area contributed by atoms with E-state index in [1.54, 1.807) is 23.9 Å². The standard InChI is InChI=1S/C13H18F2N8/c1-22(2)11-18-7-8(9(16)20-11)19-12(21-10(7)17)23-5-3-13(14,15)4-6-23/h3-6H2,1-2H3,(H2,16,18,20)(H2,17,19,21). The quantitative estimate of drug-likeness (QED) is 0.838. The van der Waals surface area contributed by atoms with E-state index < -0.39 is 5.92 Å². The zero-order valence-electron chi connectivity index (χ0n) is 12.9. The van der Waals surface area contributed by atoms with E-state index in [2.05, 4.69) is 19.9 Å². The fourth-order valence-electron chi connectivity index (χ4n) is 2.41. The molecule has 0 unspecified atom stereocenters. The number of nitrogens with two attached hydrogens (primary N) is 2. The third kappa shape index (κ3) is 2.88. The van der Waals surface area contributed by atoms with Crippen molar-refractivity contribution in [2.45, 2.75) is 18.8 Å². The number of anilines is 4. The molecule has 0 radical (unpaired) electrons. The van der Waals surface area contributed by atoms with Crippen LogP contribution in [0.15, 0.2) is 0 Å². The third-order valence-electron chi connectivity index (χ3n) is 3.75. The summed E-state index contributed by atoms with van der Waals surface area (Å²) < 4.78 is 26.5. The molecule has 124 valence electrons. The summed E-state index contributed by atoms with van der Waals surface area (Å²) in [5, 5.41) is 0. The zero-order valence-corrected chi connectivity index (χ0v) is 12.9. The van der Waals surface area contributed by atoms with Crippen LogP contribution in [0.2, 0.25) is 0 Å². The number of hydrogen-bond acceptors (Lipinski definition) is 8. The Hall–Kier alpha value is -2.52. The van der Waals surface area contributed by atoms with Crippen LogP contribution in [0.5, 0.6) is 0 Å². The Kier molecular flexibility index (Phi) is 3.53. The Morgan fingerprint density at radius 1 is 0.957 bits per heavy atom. The third-order valence-corrected chi connectivity index (χ3v) is 3.75. The zero-order chi connectivity index (χ0) is 16.8. The van der Waals surface area contributed by atoms with Crippen LogP contribution in [0.1, 0.15) is 12.8 Å². The first-order valence-electron chi connectivity index (χ1n) is 7.18. The van der Waals surface area contributed by atoms with Gasteiger partial charge in [0, 0.05) is 40.0 Å². The van der Waals surface area contributed by atoms with Gasteiger partial charge in [0.25, 0.3) is 5.92 Å². The van der Waals surface area contributed by atoms with Crippen LogP contribution >= 0.6 is 0 Å². The molecule has 0 aromatic carbocycles. The van der Waals surface area contributed by atoms with Crippen molar-refractivity contribution in [2.75, 3.05) is 48.5 Å². The minimum atomic E-state index is -2.64. The second-order valence-electron chi connectivity index (χ2n) is 5.75. The van der Waals surface area contributed by atoms with Crippen molar-refractivity contribution >= 4 is 34.6 Å². The molecule has 0 saturated carbocycles. The Bertz CT molecular complexity index is 738. The van der Waals surface area contributed by atoms with Gasteiger partial charge in [-0.05, 0) is 0 Å². The van der Waals surface area contributed by atoms with Gasteiger partial charge in [-0.2, -0.15) is 9.97 Å². The minimum absolute atomic E-state index is 0.152. The monoisotopic (exact) mass is 324 g/mol. The SMILES string of the molecule is CN(C)c1nc(N)c2nc(N3CCC(F)(F)CC3)nc(N)c2n1. The molecule has 0 spiro atoms. The van der Waals surface area contributed by atoms with E-state index in [0.717, 1.165) is 0 Å². The summed E-state index contributed by atoms with van der Waals surface area (Å²) in [4.78, 5) is 20.3. The molecule has 1 saturated heterocycles. The first-order valence-corrected chi connectivity index (χ1v) is 7.18. The summed E-state index contributed by atoms with van der Waals surface area (Å²) in [7, 11) is 3.56. The molecule has 23 heavy (non-hydrogen) atoms. The molecule has 1 aliphatic heterocycles. The van der Waals surface area contributed by atoms with Crippen LogP contribution in [-0.2, 0) is 0 Å². The maximum absolute atomic E-state index is 13.3. The number of hydrogen-bond donors (Lipinski definition) is 2. The highest BCUT2D eigenvalue weighted by Crippen LogP contribution is 2.31. The highest BCUT2D eigenvalue weighted by molar-refractivity contribution is 5.92. The van der Waals surface area contributed by atoms with E-state index >= 15 is 0 Å². The van der Waals surface area contributed by atoms with E-state index in [1.165, 1.54) is 0 Å². The number of aromatic nitrogens is 4. The predicted molar refractivity (Wildman–Crippen MR) is 84.7 cm³/mol. The number of alkyl halides is 2. The van der Waals surface area contributed by atoms with Crippen molar-refractivity contribution in [3.63, 3.8) is 0 Å². The Morgan fingerprint density at radius 2 is 1.52 bits per heavy atom. The molecule has 8 nitrogen and oxygen atoms in total. The predicted octanol–water partition coefficient (Wildman–Crippen LogP) is 0.886. The summed E-state index contributed by atoms with van der Waals surface area (Å²) in [6.07, 6.45) is -0.473. The van der Waals surface area contributed by atoms with E-state index in [1.807, 2.05) is 0 Å². The van der Waals surface area contributed by atoms with Crippen LogP contribution < -0.4 is 21.3 Å². The van der Waals surface area contributed by atoms with Gasteiger partial charge in [-0.3, -0.25) is 0 Å². The lowest BCUT2D eigenvalue weighted by atomic mass is 10.1. The Morgan fingerprint density at radius 3 is 2.13 bits per heavy atom. The molecule has 4 N–H and O–H groups in total.